The van der Waals surface area contributed by atoms with Crippen molar-refractivity contribution in [1.82, 2.24) is 0 Å². The molecule has 3 rings (SSSR count). The SMILES string of the molecule is COc1ccc(OC)c(-c2cc(=O)c3ccccc(=O)c3o2)c1. The van der Waals surface area contributed by atoms with E-state index in [9.17, 15) is 9.59 Å². The summed E-state index contributed by atoms with van der Waals surface area (Å²) in [7, 11) is 3.06. The Balaban J connectivity index is 2.37. The summed E-state index contributed by atoms with van der Waals surface area (Å²) in [6.45, 7) is 0. The van der Waals surface area contributed by atoms with Crippen LogP contribution in [-0.2, 0) is 0 Å². The highest BCUT2D eigenvalue weighted by atomic mass is 16.5. The molecule has 0 spiro atoms. The predicted octanol–water partition coefficient (Wildman–Crippen LogP) is 2.84. The lowest BCUT2D eigenvalue weighted by Gasteiger charge is -2.09. The Bertz CT molecular complexity index is 988. The third kappa shape index (κ3) is 2.68. The average Bonchev–Trinajstić information content (AvgIpc) is 2.76. The van der Waals surface area contributed by atoms with Gasteiger partial charge in [0, 0.05) is 6.07 Å². The van der Waals surface area contributed by atoms with E-state index in [4.69, 9.17) is 13.9 Å². The molecule has 0 N–H and O–H groups in total. The van der Waals surface area contributed by atoms with Crippen LogP contribution in [-0.4, -0.2) is 14.2 Å². The molecule has 0 bridgehead atoms. The Morgan fingerprint density at radius 3 is 2.39 bits per heavy atom. The molecule has 0 fully saturated rings. The van der Waals surface area contributed by atoms with Crippen LogP contribution < -0.4 is 20.3 Å². The van der Waals surface area contributed by atoms with Crippen molar-refractivity contribution in [3.05, 3.63) is 69.0 Å². The standard InChI is InChI=1S/C18H14O5/c1-21-11-7-8-16(22-2)13(9-11)17-10-15(20)12-5-3-4-6-14(19)18(12)23-17/h3-10H,1-2H3. The van der Waals surface area contributed by atoms with Crippen LogP contribution in [0.15, 0.2) is 62.5 Å². The second-order valence-electron chi connectivity index (χ2n) is 4.87. The van der Waals surface area contributed by atoms with Crippen LogP contribution in [0.1, 0.15) is 0 Å². The molecular formula is C18H14O5. The van der Waals surface area contributed by atoms with E-state index in [1.54, 1.807) is 36.4 Å². The molecule has 1 aromatic heterocycles. The summed E-state index contributed by atoms with van der Waals surface area (Å²) >= 11 is 0. The fourth-order valence-electron chi connectivity index (χ4n) is 2.35. The predicted molar refractivity (Wildman–Crippen MR) is 87.3 cm³/mol. The summed E-state index contributed by atoms with van der Waals surface area (Å²) in [5.41, 5.74) is -0.0932. The number of ether oxygens (including phenoxy) is 2. The fourth-order valence-corrected chi connectivity index (χ4v) is 2.35. The second-order valence-corrected chi connectivity index (χ2v) is 4.87. The summed E-state index contributed by atoms with van der Waals surface area (Å²) in [4.78, 5) is 24.5. The molecule has 0 unspecified atom stereocenters. The zero-order valence-electron chi connectivity index (χ0n) is 12.7. The minimum Gasteiger partial charge on any atom is -0.497 e. The van der Waals surface area contributed by atoms with Crippen molar-refractivity contribution in [2.75, 3.05) is 14.2 Å². The molecule has 3 aromatic rings. The van der Waals surface area contributed by atoms with Gasteiger partial charge in [0.25, 0.3) is 0 Å². The fraction of sp³-hybridized carbons (Fsp3) is 0.111. The highest BCUT2D eigenvalue weighted by molar-refractivity contribution is 5.79. The maximum Gasteiger partial charge on any atom is 0.221 e. The molecule has 0 aliphatic carbocycles. The number of methoxy groups -OCH3 is 2. The highest BCUT2D eigenvalue weighted by Gasteiger charge is 2.13. The van der Waals surface area contributed by atoms with Gasteiger partial charge in [0.05, 0.1) is 25.2 Å². The zero-order chi connectivity index (χ0) is 16.4. The van der Waals surface area contributed by atoms with Crippen LogP contribution in [0.4, 0.5) is 0 Å². The van der Waals surface area contributed by atoms with E-state index in [1.165, 1.54) is 26.4 Å². The van der Waals surface area contributed by atoms with E-state index >= 15 is 0 Å². The molecule has 0 radical (unpaired) electrons. The van der Waals surface area contributed by atoms with Gasteiger partial charge < -0.3 is 13.9 Å². The zero-order valence-corrected chi connectivity index (χ0v) is 12.7. The van der Waals surface area contributed by atoms with Gasteiger partial charge in [-0.1, -0.05) is 12.1 Å². The first-order valence-corrected chi connectivity index (χ1v) is 6.93. The van der Waals surface area contributed by atoms with Crippen LogP contribution in [0.3, 0.4) is 0 Å². The Labute approximate surface area is 131 Å². The summed E-state index contributed by atoms with van der Waals surface area (Å²) in [6, 6.07) is 12.6. The van der Waals surface area contributed by atoms with Crippen molar-refractivity contribution in [1.29, 1.82) is 0 Å². The molecule has 0 saturated carbocycles. The molecule has 0 saturated heterocycles. The van der Waals surface area contributed by atoms with Gasteiger partial charge in [-0.3, -0.25) is 9.59 Å². The summed E-state index contributed by atoms with van der Waals surface area (Å²) < 4.78 is 16.2. The molecule has 2 aromatic carbocycles. The minimum absolute atomic E-state index is 0.0161. The Morgan fingerprint density at radius 2 is 1.65 bits per heavy atom. The maximum atomic E-state index is 12.3. The van der Waals surface area contributed by atoms with E-state index < -0.39 is 0 Å². The topological polar surface area (TPSA) is 65.7 Å². The molecule has 5 nitrogen and oxygen atoms in total. The number of benzene rings is 1. The van der Waals surface area contributed by atoms with E-state index in [1.807, 2.05) is 0 Å². The molecule has 0 atom stereocenters. The van der Waals surface area contributed by atoms with Gasteiger partial charge >= 0.3 is 0 Å². The van der Waals surface area contributed by atoms with Crippen molar-refractivity contribution in [3.63, 3.8) is 0 Å². The second kappa shape index (κ2) is 5.96. The van der Waals surface area contributed by atoms with E-state index in [0.29, 0.717) is 17.1 Å². The third-order valence-corrected chi connectivity index (χ3v) is 3.50. The first-order valence-electron chi connectivity index (χ1n) is 6.93. The molecule has 0 amide bonds. The van der Waals surface area contributed by atoms with E-state index in [2.05, 4.69) is 0 Å². The van der Waals surface area contributed by atoms with Crippen LogP contribution in [0.2, 0.25) is 0 Å². The van der Waals surface area contributed by atoms with Gasteiger partial charge in [-0.05, 0) is 30.3 Å². The Hall–Kier alpha value is -3.08. The summed E-state index contributed by atoms with van der Waals surface area (Å²) in [6.07, 6.45) is 0. The maximum absolute atomic E-state index is 12.3. The molecule has 23 heavy (non-hydrogen) atoms. The lowest BCUT2D eigenvalue weighted by atomic mass is 10.1. The number of hydrogen-bond acceptors (Lipinski definition) is 5. The molecule has 116 valence electrons. The Kier molecular flexibility index (Phi) is 3.85. The largest absolute Gasteiger partial charge is 0.497 e. The minimum atomic E-state index is -0.356. The van der Waals surface area contributed by atoms with Crippen LogP contribution in [0.25, 0.3) is 22.3 Å². The Morgan fingerprint density at radius 1 is 0.870 bits per heavy atom. The summed E-state index contributed by atoms with van der Waals surface area (Å²) in [5.74, 6) is 1.35. The molecule has 0 aliphatic rings. The molecular weight excluding hydrogens is 296 g/mol. The number of rotatable bonds is 3. The van der Waals surface area contributed by atoms with Gasteiger partial charge in [-0.15, -0.1) is 0 Å². The first-order chi connectivity index (χ1) is 11.1. The average molecular weight is 310 g/mol. The van der Waals surface area contributed by atoms with Gasteiger partial charge in [0.2, 0.25) is 5.43 Å². The van der Waals surface area contributed by atoms with Crippen LogP contribution >= 0.6 is 0 Å². The quantitative estimate of drug-likeness (QED) is 0.744. The van der Waals surface area contributed by atoms with E-state index in [0.717, 1.165) is 0 Å². The van der Waals surface area contributed by atoms with Crippen LogP contribution in [0.5, 0.6) is 11.5 Å². The van der Waals surface area contributed by atoms with Gasteiger partial charge in [-0.2, -0.15) is 0 Å². The number of hydrogen-bond donors (Lipinski definition) is 0. The monoisotopic (exact) mass is 310 g/mol. The smallest absolute Gasteiger partial charge is 0.221 e. The third-order valence-electron chi connectivity index (χ3n) is 3.50. The molecule has 1 heterocycles. The van der Waals surface area contributed by atoms with Gasteiger partial charge in [0.1, 0.15) is 17.3 Å². The van der Waals surface area contributed by atoms with Crippen molar-refractivity contribution in [2.24, 2.45) is 0 Å². The van der Waals surface area contributed by atoms with Crippen molar-refractivity contribution >= 4 is 11.0 Å². The van der Waals surface area contributed by atoms with E-state index in [-0.39, 0.29) is 27.6 Å². The van der Waals surface area contributed by atoms with Crippen molar-refractivity contribution in [3.8, 4) is 22.8 Å². The number of fused-ring (bicyclic) bond motifs is 1. The van der Waals surface area contributed by atoms with Crippen LogP contribution in [0, 0.1) is 0 Å². The first kappa shape index (κ1) is 14.8. The van der Waals surface area contributed by atoms with Gasteiger partial charge in [0.15, 0.2) is 11.0 Å². The lowest BCUT2D eigenvalue weighted by molar-refractivity contribution is 0.403. The van der Waals surface area contributed by atoms with Crippen molar-refractivity contribution < 1.29 is 13.9 Å². The van der Waals surface area contributed by atoms with Gasteiger partial charge in [-0.25, -0.2) is 0 Å². The summed E-state index contributed by atoms with van der Waals surface area (Å²) in [5, 5.41) is 0.241. The normalized spacial score (nSPS) is 10.5. The van der Waals surface area contributed by atoms with Crippen molar-refractivity contribution in [2.45, 2.75) is 0 Å². The highest BCUT2D eigenvalue weighted by Crippen LogP contribution is 2.33. The lowest BCUT2D eigenvalue weighted by Crippen LogP contribution is -2.05. The molecule has 0 aliphatic heterocycles. The molecule has 5 heteroatoms.